The molecule has 0 bridgehead atoms. The molecule has 0 saturated carbocycles. The number of thioether (sulfide) groups is 1. The average Bonchev–Trinajstić information content (AvgIpc) is 2.87. The van der Waals surface area contributed by atoms with Gasteiger partial charge in [0, 0.05) is 17.2 Å². The van der Waals surface area contributed by atoms with Gasteiger partial charge in [0.05, 0.1) is 5.39 Å². The van der Waals surface area contributed by atoms with Gasteiger partial charge >= 0.3 is 0 Å². The Kier molecular flexibility index (Phi) is 5.63. The van der Waals surface area contributed by atoms with Crippen LogP contribution in [0.3, 0.4) is 0 Å². The van der Waals surface area contributed by atoms with Gasteiger partial charge in [0.1, 0.15) is 4.83 Å². The summed E-state index contributed by atoms with van der Waals surface area (Å²) in [5.74, 6) is 0.947. The Morgan fingerprint density at radius 1 is 1.35 bits per heavy atom. The number of aryl methyl sites for hydroxylation is 1. The number of hydrogen-bond donors (Lipinski definition) is 1. The monoisotopic (exact) mass is 311 g/mol. The fourth-order valence-electron chi connectivity index (χ4n) is 2.02. The summed E-state index contributed by atoms with van der Waals surface area (Å²) in [6.07, 6.45) is 0.949. The molecule has 2 rings (SSSR count). The molecule has 0 saturated heterocycles. The van der Waals surface area contributed by atoms with Gasteiger partial charge in [-0.05, 0) is 25.6 Å². The van der Waals surface area contributed by atoms with E-state index in [9.17, 15) is 4.79 Å². The van der Waals surface area contributed by atoms with Gasteiger partial charge in [0.15, 0.2) is 5.16 Å². The predicted octanol–water partition coefficient (Wildman–Crippen LogP) is 2.98. The number of aromatic nitrogens is 2. The summed E-state index contributed by atoms with van der Waals surface area (Å²) in [4.78, 5) is 23.9. The van der Waals surface area contributed by atoms with Crippen molar-refractivity contribution in [1.82, 2.24) is 14.9 Å². The third-order valence-corrected chi connectivity index (χ3v) is 5.35. The summed E-state index contributed by atoms with van der Waals surface area (Å²) in [6.45, 7) is 9.56. The van der Waals surface area contributed by atoms with Crippen LogP contribution in [0.25, 0.3) is 10.2 Å². The van der Waals surface area contributed by atoms with Gasteiger partial charge in [-0.1, -0.05) is 32.5 Å². The number of fused-ring (bicyclic) bond motifs is 1. The van der Waals surface area contributed by atoms with Crippen LogP contribution in [0.2, 0.25) is 0 Å². The first-order chi connectivity index (χ1) is 9.67. The van der Waals surface area contributed by atoms with E-state index in [1.165, 1.54) is 4.88 Å². The lowest BCUT2D eigenvalue weighted by atomic mass is 10.3. The molecule has 6 heteroatoms. The van der Waals surface area contributed by atoms with Crippen molar-refractivity contribution in [2.24, 2.45) is 0 Å². The Labute approximate surface area is 127 Å². The summed E-state index contributed by atoms with van der Waals surface area (Å²) in [7, 11) is 0. The molecule has 4 nitrogen and oxygen atoms in total. The number of nitrogens with zero attached hydrogens (tertiary/aromatic N) is 2. The maximum atomic E-state index is 12.0. The van der Waals surface area contributed by atoms with Crippen molar-refractivity contribution < 1.29 is 0 Å². The molecular weight excluding hydrogens is 290 g/mol. The SMILES string of the molecule is CCc1cc2c(=O)[nH]c(SCCN(CC)CC)nc2s1. The van der Waals surface area contributed by atoms with Crippen LogP contribution in [0.5, 0.6) is 0 Å². The first kappa shape index (κ1) is 15.5. The minimum absolute atomic E-state index is 0.0173. The average molecular weight is 311 g/mol. The maximum absolute atomic E-state index is 12.0. The quantitative estimate of drug-likeness (QED) is 0.631. The molecule has 0 aliphatic rings. The Balaban J connectivity index is 2.09. The van der Waals surface area contributed by atoms with E-state index in [4.69, 9.17) is 0 Å². The second-order valence-corrected chi connectivity index (χ2v) is 6.73. The molecule has 0 radical (unpaired) electrons. The summed E-state index contributed by atoms with van der Waals surface area (Å²) in [5.41, 5.74) is -0.0173. The molecule has 1 N–H and O–H groups in total. The second-order valence-electron chi connectivity index (χ2n) is 4.53. The smallest absolute Gasteiger partial charge is 0.260 e. The van der Waals surface area contributed by atoms with Gasteiger partial charge in [-0.2, -0.15) is 0 Å². The van der Waals surface area contributed by atoms with Gasteiger partial charge in [0.2, 0.25) is 0 Å². The van der Waals surface area contributed by atoms with E-state index in [0.29, 0.717) is 0 Å². The molecule has 0 spiro atoms. The third-order valence-electron chi connectivity index (χ3n) is 3.32. The molecule has 110 valence electrons. The van der Waals surface area contributed by atoms with Crippen LogP contribution in [0, 0.1) is 0 Å². The zero-order valence-corrected chi connectivity index (χ0v) is 13.9. The van der Waals surface area contributed by atoms with Crippen molar-refractivity contribution >= 4 is 33.3 Å². The fraction of sp³-hybridized carbons (Fsp3) is 0.571. The number of nitrogens with one attached hydrogen (secondary N) is 1. The zero-order valence-electron chi connectivity index (χ0n) is 12.2. The standard InChI is InChI=1S/C14H21N3OS2/c1-4-10-9-11-12(18)15-14(16-13(11)20-10)19-8-7-17(5-2)6-3/h9H,4-8H2,1-3H3,(H,15,16,18). The van der Waals surface area contributed by atoms with Crippen molar-refractivity contribution in [3.05, 3.63) is 21.3 Å². The van der Waals surface area contributed by atoms with Crippen LogP contribution < -0.4 is 5.56 Å². The second kappa shape index (κ2) is 7.24. The van der Waals surface area contributed by atoms with Crippen molar-refractivity contribution in [3.63, 3.8) is 0 Å². The minimum atomic E-state index is -0.0173. The molecule has 0 fully saturated rings. The van der Waals surface area contributed by atoms with Crippen LogP contribution in [0.4, 0.5) is 0 Å². The highest BCUT2D eigenvalue weighted by molar-refractivity contribution is 7.99. The molecule has 2 aromatic rings. The Morgan fingerprint density at radius 2 is 2.10 bits per heavy atom. The lowest BCUT2D eigenvalue weighted by molar-refractivity contribution is 0.324. The molecular formula is C14H21N3OS2. The highest BCUT2D eigenvalue weighted by atomic mass is 32.2. The predicted molar refractivity (Wildman–Crippen MR) is 88.1 cm³/mol. The largest absolute Gasteiger partial charge is 0.303 e. The van der Waals surface area contributed by atoms with Crippen molar-refractivity contribution in [1.29, 1.82) is 0 Å². The number of thiophene rings is 1. The fourth-order valence-corrected chi connectivity index (χ4v) is 3.90. The summed E-state index contributed by atoms with van der Waals surface area (Å²) >= 11 is 3.24. The molecule has 0 aliphatic carbocycles. The van der Waals surface area contributed by atoms with E-state index >= 15 is 0 Å². The van der Waals surface area contributed by atoms with Crippen LogP contribution in [0.1, 0.15) is 25.6 Å². The van der Waals surface area contributed by atoms with Gasteiger partial charge < -0.3 is 9.88 Å². The van der Waals surface area contributed by atoms with Crippen molar-refractivity contribution in [2.75, 3.05) is 25.4 Å². The lowest BCUT2D eigenvalue weighted by Gasteiger charge is -2.16. The van der Waals surface area contributed by atoms with Gasteiger partial charge in [-0.15, -0.1) is 11.3 Å². The van der Waals surface area contributed by atoms with Crippen molar-refractivity contribution in [3.8, 4) is 0 Å². The van der Waals surface area contributed by atoms with E-state index < -0.39 is 0 Å². The van der Waals surface area contributed by atoms with Crippen LogP contribution in [-0.2, 0) is 6.42 Å². The lowest BCUT2D eigenvalue weighted by Crippen LogP contribution is -2.25. The summed E-state index contributed by atoms with van der Waals surface area (Å²) in [6, 6.07) is 1.95. The highest BCUT2D eigenvalue weighted by Crippen LogP contribution is 2.23. The third kappa shape index (κ3) is 3.62. The molecule has 2 aromatic heterocycles. The Hall–Kier alpha value is -0.850. The minimum Gasteiger partial charge on any atom is -0.303 e. The van der Waals surface area contributed by atoms with E-state index in [1.807, 2.05) is 6.07 Å². The van der Waals surface area contributed by atoms with E-state index in [0.717, 1.165) is 47.2 Å². The van der Waals surface area contributed by atoms with Crippen molar-refractivity contribution in [2.45, 2.75) is 32.3 Å². The first-order valence-electron chi connectivity index (χ1n) is 7.05. The number of rotatable bonds is 7. The van der Waals surface area contributed by atoms with E-state index in [-0.39, 0.29) is 5.56 Å². The first-order valence-corrected chi connectivity index (χ1v) is 8.86. The maximum Gasteiger partial charge on any atom is 0.260 e. The van der Waals surface area contributed by atoms with Gasteiger partial charge in [0.25, 0.3) is 5.56 Å². The number of aromatic amines is 1. The van der Waals surface area contributed by atoms with E-state index in [1.54, 1.807) is 23.1 Å². The summed E-state index contributed by atoms with van der Waals surface area (Å²) < 4.78 is 0. The Bertz CT molecular complexity index is 616. The normalized spacial score (nSPS) is 11.6. The van der Waals surface area contributed by atoms with Gasteiger partial charge in [-0.3, -0.25) is 4.79 Å². The highest BCUT2D eigenvalue weighted by Gasteiger charge is 2.08. The topological polar surface area (TPSA) is 49.0 Å². The zero-order chi connectivity index (χ0) is 14.5. The Morgan fingerprint density at radius 3 is 2.75 bits per heavy atom. The number of H-pyrrole nitrogens is 1. The molecule has 0 unspecified atom stereocenters. The van der Waals surface area contributed by atoms with Crippen LogP contribution >= 0.6 is 23.1 Å². The molecule has 20 heavy (non-hydrogen) atoms. The molecule has 0 atom stereocenters. The van der Waals surface area contributed by atoms with E-state index in [2.05, 4.69) is 35.6 Å². The number of hydrogen-bond acceptors (Lipinski definition) is 5. The van der Waals surface area contributed by atoms with Crippen LogP contribution in [-0.4, -0.2) is 40.3 Å². The molecule has 0 aromatic carbocycles. The molecule has 2 heterocycles. The summed E-state index contributed by atoms with van der Waals surface area (Å²) in [5, 5.41) is 1.46. The van der Waals surface area contributed by atoms with Crippen LogP contribution in [0.15, 0.2) is 16.0 Å². The molecule has 0 amide bonds. The molecule has 0 aliphatic heterocycles. The van der Waals surface area contributed by atoms with Gasteiger partial charge in [-0.25, -0.2) is 4.98 Å².